The SMILES string of the molecule is C/C=C(\S/C(=C/C(=C(/CF)c1cc(-c2ccc(/C=C/c3ccccc3)s2)sc1-c1cccs1)C(F)(F)C(F)(F)CF)c1cccs1)C1CC=C(/C=C/c2ccccc2)S1. The van der Waals surface area contributed by atoms with Gasteiger partial charge >= 0.3 is 11.8 Å². The number of thiophene rings is 4. The molecule has 0 N–H and O–H groups in total. The van der Waals surface area contributed by atoms with Crippen molar-refractivity contribution in [2.75, 3.05) is 13.3 Å². The fourth-order valence-electron chi connectivity index (χ4n) is 6.23. The maximum Gasteiger partial charge on any atom is 0.342 e. The van der Waals surface area contributed by atoms with Crippen LogP contribution in [0.3, 0.4) is 0 Å². The van der Waals surface area contributed by atoms with E-state index in [9.17, 15) is 4.39 Å². The summed E-state index contributed by atoms with van der Waals surface area (Å²) in [6, 6.07) is 32.1. The number of alkyl halides is 6. The minimum atomic E-state index is -5.12. The molecule has 0 saturated heterocycles. The molecule has 1 aliphatic heterocycles. The molecule has 0 saturated carbocycles. The molecular weight excluding hydrogens is 871 g/mol. The normalized spacial score (nSPS) is 16.1. The van der Waals surface area contributed by atoms with Crippen molar-refractivity contribution in [3.8, 4) is 19.5 Å². The van der Waals surface area contributed by atoms with Gasteiger partial charge in [-0.05, 0) is 88.7 Å². The molecule has 2 aromatic carbocycles. The second kappa shape index (κ2) is 19.6. The van der Waals surface area contributed by atoms with Crippen molar-refractivity contribution < 1.29 is 26.3 Å². The van der Waals surface area contributed by atoms with Crippen molar-refractivity contribution >= 4 is 97.6 Å². The summed E-state index contributed by atoms with van der Waals surface area (Å²) >= 11 is 8.12. The zero-order chi connectivity index (χ0) is 41.4. The molecule has 1 unspecified atom stereocenters. The highest BCUT2D eigenvalue weighted by atomic mass is 32.2. The van der Waals surface area contributed by atoms with Crippen LogP contribution < -0.4 is 0 Å². The molecule has 0 spiro atoms. The van der Waals surface area contributed by atoms with Crippen LogP contribution >= 0.6 is 68.9 Å². The third-order valence-electron chi connectivity index (χ3n) is 9.26. The van der Waals surface area contributed by atoms with Gasteiger partial charge in [0.1, 0.15) is 6.67 Å². The summed E-state index contributed by atoms with van der Waals surface area (Å²) in [6.45, 7) is -2.27. The first-order valence-electron chi connectivity index (χ1n) is 18.4. The summed E-state index contributed by atoms with van der Waals surface area (Å²) < 4.78 is 93.4. The Hall–Kier alpha value is -4.04. The van der Waals surface area contributed by atoms with E-state index in [0.29, 0.717) is 25.9 Å². The molecule has 12 heteroatoms. The highest BCUT2D eigenvalue weighted by Crippen LogP contribution is 2.52. The lowest BCUT2D eigenvalue weighted by Gasteiger charge is -2.28. The minimum absolute atomic E-state index is 0.0671. The zero-order valence-electron chi connectivity index (χ0n) is 31.4. The molecule has 7 rings (SSSR count). The molecule has 4 aromatic heterocycles. The quantitative estimate of drug-likeness (QED) is 0.0701. The fourth-order valence-corrected chi connectivity index (χ4v) is 12.5. The second-order valence-electron chi connectivity index (χ2n) is 13.2. The van der Waals surface area contributed by atoms with E-state index in [-0.39, 0.29) is 15.7 Å². The van der Waals surface area contributed by atoms with Crippen LogP contribution in [0.2, 0.25) is 0 Å². The summed E-state index contributed by atoms with van der Waals surface area (Å²) in [7, 11) is 0. The first-order chi connectivity index (χ1) is 28.6. The van der Waals surface area contributed by atoms with Crippen molar-refractivity contribution in [1.82, 2.24) is 0 Å². The topological polar surface area (TPSA) is 0 Å². The smallest absolute Gasteiger partial charge is 0.246 e. The van der Waals surface area contributed by atoms with Crippen LogP contribution in [-0.2, 0) is 0 Å². The predicted octanol–water partition coefficient (Wildman–Crippen LogP) is 17.2. The van der Waals surface area contributed by atoms with Gasteiger partial charge < -0.3 is 0 Å². The lowest BCUT2D eigenvalue weighted by molar-refractivity contribution is -0.191. The van der Waals surface area contributed by atoms with Crippen molar-refractivity contribution in [3.63, 3.8) is 0 Å². The van der Waals surface area contributed by atoms with Crippen molar-refractivity contribution in [2.24, 2.45) is 0 Å². The number of rotatable bonds is 16. The van der Waals surface area contributed by atoms with Crippen LogP contribution in [0.1, 0.15) is 39.8 Å². The predicted molar refractivity (Wildman–Crippen MR) is 248 cm³/mol. The Kier molecular flexibility index (Phi) is 14.3. The third-order valence-corrected chi connectivity index (χ3v) is 16.5. The van der Waals surface area contributed by atoms with Gasteiger partial charge in [-0.2, -0.15) is 17.6 Å². The van der Waals surface area contributed by atoms with E-state index < -0.39 is 36.3 Å². The largest absolute Gasteiger partial charge is 0.342 e. The Bertz CT molecular complexity index is 2500. The molecule has 0 aliphatic carbocycles. The van der Waals surface area contributed by atoms with Gasteiger partial charge in [0.05, 0.1) is 4.88 Å². The summed E-state index contributed by atoms with van der Waals surface area (Å²) in [5.41, 5.74) is 0.268. The van der Waals surface area contributed by atoms with Gasteiger partial charge in [0.2, 0.25) is 0 Å². The lowest BCUT2D eigenvalue weighted by atomic mass is 9.92. The maximum atomic E-state index is 16.5. The Labute approximate surface area is 364 Å². The van der Waals surface area contributed by atoms with Crippen LogP contribution in [0, 0.1) is 0 Å². The van der Waals surface area contributed by atoms with Gasteiger partial charge in [-0.15, -0.1) is 57.1 Å². The molecule has 0 nitrogen and oxygen atoms in total. The van der Waals surface area contributed by atoms with E-state index in [1.165, 1.54) is 57.1 Å². The maximum absolute atomic E-state index is 16.5. The molecule has 0 radical (unpaired) electrons. The highest BCUT2D eigenvalue weighted by molar-refractivity contribution is 8.13. The molecule has 0 amide bonds. The number of thioether (sulfide) groups is 2. The van der Waals surface area contributed by atoms with E-state index in [4.69, 9.17) is 0 Å². The summed E-state index contributed by atoms with van der Waals surface area (Å²) in [5.74, 6) is -10.2. The van der Waals surface area contributed by atoms with Gasteiger partial charge in [0.15, 0.2) is 6.67 Å². The van der Waals surface area contributed by atoms with Crippen LogP contribution in [0.5, 0.6) is 0 Å². The van der Waals surface area contributed by atoms with Crippen LogP contribution in [0.25, 0.3) is 48.2 Å². The van der Waals surface area contributed by atoms with Gasteiger partial charge in [-0.1, -0.05) is 109 Å². The summed E-state index contributed by atoms with van der Waals surface area (Å²) in [5, 5.41) is 3.49. The van der Waals surface area contributed by atoms with E-state index >= 15 is 22.0 Å². The summed E-state index contributed by atoms with van der Waals surface area (Å²) in [6.07, 6.45) is 13.6. The van der Waals surface area contributed by atoms with Crippen molar-refractivity contribution in [2.45, 2.75) is 30.4 Å². The molecule has 302 valence electrons. The first-order valence-corrected chi connectivity index (χ1v) is 23.5. The molecule has 59 heavy (non-hydrogen) atoms. The number of benzene rings is 2. The van der Waals surface area contributed by atoms with E-state index in [1.54, 1.807) is 47.5 Å². The summed E-state index contributed by atoms with van der Waals surface area (Å²) in [4.78, 5) is 6.15. The van der Waals surface area contributed by atoms with E-state index in [2.05, 4.69) is 6.08 Å². The van der Waals surface area contributed by atoms with Crippen LogP contribution in [0.4, 0.5) is 26.3 Å². The van der Waals surface area contributed by atoms with Gasteiger partial charge in [0.25, 0.3) is 0 Å². The standard InChI is InChI=1S/C47H36F6S6/c1-2-38(40-23-21-33(56-40)19-17-31-11-5-3-6-12-31)58-44(39-15-9-25-54-39)28-37(47(52,53)46(50,51)30-49)36(29-48)35-27-43(59-45(35)42-16-10-26-55-42)41-24-22-34(57-41)20-18-32-13-7-4-8-14-32/h2-22,24-28,40H,23,29-30H2,1H3/b19-17+,20-18+,37-36+,38-2-,44-28+. The lowest BCUT2D eigenvalue weighted by Crippen LogP contribution is -2.44. The second-order valence-corrected chi connectivity index (χ2v) is 19.6. The monoisotopic (exact) mass is 906 g/mol. The van der Waals surface area contributed by atoms with Crippen LogP contribution in [-0.4, -0.2) is 30.4 Å². The molecule has 5 heterocycles. The number of allylic oxidation sites excluding steroid dienone is 6. The molecular formula is C47H36F6S6. The van der Waals surface area contributed by atoms with Gasteiger partial charge in [-0.3, -0.25) is 0 Å². The van der Waals surface area contributed by atoms with E-state index in [0.717, 1.165) is 36.8 Å². The number of halogens is 6. The number of hydrogen-bond acceptors (Lipinski definition) is 6. The minimum Gasteiger partial charge on any atom is -0.246 e. The average Bonchev–Trinajstić information content (AvgIpc) is 4.12. The molecule has 0 fully saturated rings. The first kappa shape index (κ1) is 43.1. The fraction of sp³-hybridized carbons (Fsp3) is 0.149. The Morgan fingerprint density at radius 3 is 2.07 bits per heavy atom. The Morgan fingerprint density at radius 1 is 0.746 bits per heavy atom. The van der Waals surface area contributed by atoms with Gasteiger partial charge in [-0.25, -0.2) is 8.78 Å². The Balaban J connectivity index is 1.31. The van der Waals surface area contributed by atoms with Crippen molar-refractivity contribution in [3.05, 3.63) is 180 Å². The van der Waals surface area contributed by atoms with Crippen molar-refractivity contribution in [1.29, 1.82) is 0 Å². The zero-order valence-corrected chi connectivity index (χ0v) is 36.3. The highest BCUT2D eigenvalue weighted by Gasteiger charge is 2.59. The number of hydrogen-bond donors (Lipinski definition) is 0. The van der Waals surface area contributed by atoms with Crippen LogP contribution in [0.15, 0.2) is 154 Å². The molecule has 1 aliphatic rings. The Morgan fingerprint density at radius 2 is 1.44 bits per heavy atom. The molecule has 1 atom stereocenters. The van der Waals surface area contributed by atoms with E-state index in [1.807, 2.05) is 115 Å². The average molecular weight is 907 g/mol. The third kappa shape index (κ3) is 10.1. The molecule has 6 aromatic rings. The van der Waals surface area contributed by atoms with Gasteiger partial charge in [0, 0.05) is 56.2 Å². The molecule has 0 bridgehead atoms.